The summed E-state index contributed by atoms with van der Waals surface area (Å²) < 4.78 is -0.485. The summed E-state index contributed by atoms with van der Waals surface area (Å²) in [7, 11) is 0. The molecule has 0 bridgehead atoms. The summed E-state index contributed by atoms with van der Waals surface area (Å²) in [5.41, 5.74) is 0. The van der Waals surface area contributed by atoms with Crippen LogP contribution in [0, 0.1) is 0 Å². The molecule has 0 atom stereocenters. The number of unbranched alkanes of at least 4 members (excludes halogenated alkanes) is 6. The Morgan fingerprint density at radius 2 is 1.16 bits per heavy atom. The Hall–Kier alpha value is -1.89. The van der Waals surface area contributed by atoms with Crippen molar-refractivity contribution in [2.45, 2.75) is 58.3 Å². The summed E-state index contributed by atoms with van der Waals surface area (Å²) in [4.78, 5) is 33.1. The van der Waals surface area contributed by atoms with Crippen molar-refractivity contribution in [1.29, 1.82) is 0 Å². The second-order valence-electron chi connectivity index (χ2n) is 6.54. The number of carboxylic acids is 3. The number of hydrogen-bond acceptors (Lipinski definition) is 3. The monoisotopic (exact) mass is 358 g/mol. The standard InChI is InChI=1S/C18H31NO6/c1-2-3-4-5-6-7-8-9-10-11-12-19(13-16(20)21,14-17(22)23)15-18(24)25/h9-10H,2-8,11-15H2,1H3,(H2-,20,21,22,23,24,25)/p+1/b10-9+. The minimum absolute atomic E-state index is 0.178. The van der Waals surface area contributed by atoms with Crippen molar-refractivity contribution < 1.29 is 34.2 Å². The molecule has 0 spiro atoms. The van der Waals surface area contributed by atoms with Crippen LogP contribution in [0.1, 0.15) is 58.3 Å². The van der Waals surface area contributed by atoms with Crippen LogP contribution in [0.2, 0.25) is 0 Å². The van der Waals surface area contributed by atoms with Crippen LogP contribution in [0.25, 0.3) is 0 Å². The first kappa shape index (κ1) is 23.1. The molecule has 144 valence electrons. The van der Waals surface area contributed by atoms with Gasteiger partial charge in [-0.3, -0.25) is 4.48 Å². The number of quaternary nitrogens is 1. The third kappa shape index (κ3) is 13.1. The van der Waals surface area contributed by atoms with Crippen molar-refractivity contribution in [2.24, 2.45) is 0 Å². The van der Waals surface area contributed by atoms with Crippen LogP contribution in [0.15, 0.2) is 12.2 Å². The molecule has 0 radical (unpaired) electrons. The highest BCUT2D eigenvalue weighted by molar-refractivity contribution is 5.73. The van der Waals surface area contributed by atoms with Gasteiger partial charge in [0.25, 0.3) is 0 Å². The highest BCUT2D eigenvalue weighted by Crippen LogP contribution is 2.11. The fraction of sp³-hybridized carbons (Fsp3) is 0.722. The first-order valence-corrected chi connectivity index (χ1v) is 8.97. The molecule has 0 fully saturated rings. The molecule has 0 saturated heterocycles. The number of carbonyl (C=O) groups is 3. The van der Waals surface area contributed by atoms with E-state index in [4.69, 9.17) is 15.3 Å². The van der Waals surface area contributed by atoms with Gasteiger partial charge in [-0.25, -0.2) is 14.4 Å². The number of aliphatic carboxylic acids is 3. The summed E-state index contributed by atoms with van der Waals surface area (Å²) in [6, 6.07) is 0. The molecule has 0 saturated carbocycles. The lowest BCUT2D eigenvalue weighted by atomic mass is 10.1. The molecule has 0 aliphatic rings. The summed E-state index contributed by atoms with van der Waals surface area (Å²) in [6.45, 7) is 0.829. The van der Waals surface area contributed by atoms with E-state index in [0.29, 0.717) is 6.42 Å². The van der Waals surface area contributed by atoms with Gasteiger partial charge < -0.3 is 15.3 Å². The average molecular weight is 358 g/mol. The van der Waals surface area contributed by atoms with Crippen LogP contribution in [-0.2, 0) is 14.4 Å². The predicted octanol–water partition coefficient (Wildman–Crippen LogP) is 2.75. The van der Waals surface area contributed by atoms with Crippen molar-refractivity contribution in [1.82, 2.24) is 0 Å². The number of allylic oxidation sites excluding steroid dienone is 1. The molecule has 7 heteroatoms. The van der Waals surface area contributed by atoms with Crippen molar-refractivity contribution in [3.05, 3.63) is 12.2 Å². The molecule has 0 aromatic carbocycles. The third-order valence-electron chi connectivity index (χ3n) is 4.07. The topological polar surface area (TPSA) is 112 Å². The lowest BCUT2D eigenvalue weighted by molar-refractivity contribution is -0.907. The number of rotatable bonds is 16. The molecule has 0 rings (SSSR count). The van der Waals surface area contributed by atoms with Gasteiger partial charge >= 0.3 is 17.9 Å². The van der Waals surface area contributed by atoms with Crippen LogP contribution in [0.4, 0.5) is 0 Å². The van der Waals surface area contributed by atoms with E-state index in [1.54, 1.807) is 0 Å². The number of carboxylic acid groups (broad SMARTS) is 3. The van der Waals surface area contributed by atoms with Gasteiger partial charge in [0.2, 0.25) is 0 Å². The van der Waals surface area contributed by atoms with Crippen LogP contribution in [-0.4, -0.2) is 63.9 Å². The average Bonchev–Trinajstić information content (AvgIpc) is 2.47. The van der Waals surface area contributed by atoms with Gasteiger partial charge in [0, 0.05) is 6.42 Å². The van der Waals surface area contributed by atoms with Gasteiger partial charge in [-0.2, -0.15) is 0 Å². The zero-order valence-electron chi connectivity index (χ0n) is 15.2. The SMILES string of the molecule is CCCCCCCC/C=C/CC[N+](CC(=O)O)(CC(=O)O)CC(=O)O. The molecule has 3 N–H and O–H groups in total. The molecule has 0 aliphatic carbocycles. The van der Waals surface area contributed by atoms with E-state index >= 15 is 0 Å². The van der Waals surface area contributed by atoms with Gasteiger partial charge in [-0.15, -0.1) is 0 Å². The Balaban J connectivity index is 4.40. The smallest absolute Gasteiger partial charge is 0.359 e. The normalized spacial score (nSPS) is 11.7. The largest absolute Gasteiger partial charge is 0.477 e. The van der Waals surface area contributed by atoms with Gasteiger partial charge in [0.15, 0.2) is 19.6 Å². The van der Waals surface area contributed by atoms with Crippen LogP contribution in [0.3, 0.4) is 0 Å². The first-order chi connectivity index (χ1) is 11.8. The molecule has 7 nitrogen and oxygen atoms in total. The quantitative estimate of drug-likeness (QED) is 0.222. The maximum Gasteiger partial charge on any atom is 0.359 e. The number of hydrogen-bond donors (Lipinski definition) is 3. The van der Waals surface area contributed by atoms with E-state index in [-0.39, 0.29) is 6.54 Å². The summed E-state index contributed by atoms with van der Waals surface area (Å²) >= 11 is 0. The zero-order chi connectivity index (χ0) is 19.1. The molecular formula is C18H32NO6+. The van der Waals surface area contributed by atoms with Crippen molar-refractivity contribution in [3.63, 3.8) is 0 Å². The summed E-state index contributed by atoms with van der Waals surface area (Å²) in [5.74, 6) is -3.59. The summed E-state index contributed by atoms with van der Waals surface area (Å²) in [5, 5.41) is 27.1. The molecule has 25 heavy (non-hydrogen) atoms. The van der Waals surface area contributed by atoms with Crippen LogP contribution < -0.4 is 0 Å². The molecule has 0 aliphatic heterocycles. The number of nitrogens with zero attached hydrogens (tertiary/aromatic N) is 1. The molecule has 0 aromatic heterocycles. The summed E-state index contributed by atoms with van der Waals surface area (Å²) in [6.07, 6.45) is 12.6. The van der Waals surface area contributed by atoms with Gasteiger partial charge in [-0.05, 0) is 12.8 Å². The maximum atomic E-state index is 11.0. The van der Waals surface area contributed by atoms with Crippen molar-refractivity contribution >= 4 is 17.9 Å². The van der Waals surface area contributed by atoms with E-state index in [1.807, 2.05) is 12.2 Å². The highest BCUT2D eigenvalue weighted by atomic mass is 16.4. The maximum absolute atomic E-state index is 11.0. The second-order valence-corrected chi connectivity index (χ2v) is 6.54. The van der Waals surface area contributed by atoms with Gasteiger partial charge in [0.05, 0.1) is 6.54 Å². The fourth-order valence-electron chi connectivity index (χ4n) is 2.89. The van der Waals surface area contributed by atoms with Crippen molar-refractivity contribution in [2.75, 3.05) is 26.2 Å². The predicted molar refractivity (Wildman–Crippen MR) is 94.4 cm³/mol. The van der Waals surface area contributed by atoms with E-state index in [0.717, 1.165) is 12.8 Å². The molecule has 0 heterocycles. The second kappa shape index (κ2) is 13.4. The molecular weight excluding hydrogens is 326 g/mol. The Morgan fingerprint density at radius 3 is 1.64 bits per heavy atom. The first-order valence-electron chi connectivity index (χ1n) is 8.97. The zero-order valence-corrected chi connectivity index (χ0v) is 15.2. The Labute approximate surface area is 149 Å². The van der Waals surface area contributed by atoms with E-state index < -0.39 is 42.0 Å². The molecule has 0 amide bonds. The van der Waals surface area contributed by atoms with E-state index in [1.165, 1.54) is 32.1 Å². The lowest BCUT2D eigenvalue weighted by Gasteiger charge is -2.33. The lowest BCUT2D eigenvalue weighted by Crippen LogP contribution is -2.57. The Kier molecular flexibility index (Phi) is 12.4. The minimum Gasteiger partial charge on any atom is -0.477 e. The van der Waals surface area contributed by atoms with Gasteiger partial charge in [0.1, 0.15) is 0 Å². The Bertz CT molecular complexity index is 406. The highest BCUT2D eigenvalue weighted by Gasteiger charge is 2.35. The van der Waals surface area contributed by atoms with Crippen LogP contribution in [0.5, 0.6) is 0 Å². The van der Waals surface area contributed by atoms with Crippen molar-refractivity contribution in [3.8, 4) is 0 Å². The van der Waals surface area contributed by atoms with Crippen LogP contribution >= 0.6 is 0 Å². The van der Waals surface area contributed by atoms with Gasteiger partial charge in [-0.1, -0.05) is 51.2 Å². The van der Waals surface area contributed by atoms with E-state index in [2.05, 4.69) is 6.92 Å². The fourth-order valence-corrected chi connectivity index (χ4v) is 2.89. The molecule has 0 aromatic rings. The molecule has 0 unspecified atom stereocenters. The third-order valence-corrected chi connectivity index (χ3v) is 4.07. The minimum atomic E-state index is -1.20. The van der Waals surface area contributed by atoms with E-state index in [9.17, 15) is 14.4 Å². The Morgan fingerprint density at radius 1 is 0.720 bits per heavy atom.